The minimum Gasteiger partial charge on any atom is -0.494 e. The monoisotopic (exact) mass is 280 g/mol. The molecule has 0 spiro atoms. The van der Waals surface area contributed by atoms with Crippen molar-refractivity contribution in [2.45, 2.75) is 0 Å². The van der Waals surface area contributed by atoms with Crippen LogP contribution >= 0.6 is 0 Å². The van der Waals surface area contributed by atoms with Gasteiger partial charge in [-0.2, -0.15) is 0 Å². The Kier molecular flexibility index (Phi) is 2.27. The highest BCUT2D eigenvalue weighted by molar-refractivity contribution is 6.24. The summed E-state index contributed by atoms with van der Waals surface area (Å²) in [4.78, 5) is 18.9. The van der Waals surface area contributed by atoms with E-state index >= 15 is 0 Å². The zero-order chi connectivity index (χ0) is 14.6. The molecule has 0 saturated heterocycles. The lowest BCUT2D eigenvalue weighted by Crippen LogP contribution is -2.23. The van der Waals surface area contributed by atoms with E-state index in [0.29, 0.717) is 21.7 Å². The molecule has 1 aliphatic heterocycles. The van der Waals surface area contributed by atoms with E-state index < -0.39 is 11.7 Å². The molecule has 3 aromatic rings. The van der Waals surface area contributed by atoms with Gasteiger partial charge in [0.15, 0.2) is 5.88 Å². The number of H-pyrrole nitrogens is 1. The molecule has 0 saturated carbocycles. The van der Waals surface area contributed by atoms with Crippen molar-refractivity contribution in [1.82, 2.24) is 4.98 Å². The van der Waals surface area contributed by atoms with E-state index in [1.54, 1.807) is 6.07 Å². The van der Waals surface area contributed by atoms with Crippen molar-refractivity contribution in [3.63, 3.8) is 0 Å². The van der Waals surface area contributed by atoms with Crippen LogP contribution in [-0.4, -0.2) is 16.0 Å². The van der Waals surface area contributed by atoms with E-state index in [4.69, 9.17) is 0 Å². The largest absolute Gasteiger partial charge is 0.494 e. The summed E-state index contributed by atoms with van der Waals surface area (Å²) in [7, 11) is 0. The molecule has 4 rings (SSSR count). The third-order valence-corrected chi connectivity index (χ3v) is 3.60. The molecule has 4 nitrogen and oxygen atoms in total. The van der Waals surface area contributed by atoms with Crippen LogP contribution in [0.15, 0.2) is 47.5 Å². The number of rotatable bonds is 1. The summed E-state index contributed by atoms with van der Waals surface area (Å²) in [5.41, 5.74) is 1.42. The van der Waals surface area contributed by atoms with Gasteiger partial charge in [-0.15, -0.1) is 0 Å². The number of carbonyl (C=O) groups excluding carboxylic acids is 1. The Morgan fingerprint density at radius 2 is 1.95 bits per heavy atom. The molecule has 2 N–H and O–H groups in total. The summed E-state index contributed by atoms with van der Waals surface area (Å²) in [6, 6.07) is 11.3. The molecule has 0 radical (unpaired) electrons. The van der Waals surface area contributed by atoms with Gasteiger partial charge < -0.3 is 10.1 Å². The molecule has 0 atom stereocenters. The summed E-state index contributed by atoms with van der Waals surface area (Å²) >= 11 is 0. The maximum Gasteiger partial charge on any atom is 0.279 e. The van der Waals surface area contributed by atoms with Crippen LogP contribution in [0.1, 0.15) is 5.56 Å². The molecular weight excluding hydrogens is 271 g/mol. The SMILES string of the molecule is O=C1N=c2cc(F)ccc2=C1c1c(O)[nH]c2ccccc12. The van der Waals surface area contributed by atoms with Crippen molar-refractivity contribution in [2.75, 3.05) is 0 Å². The Labute approximate surface area is 117 Å². The maximum atomic E-state index is 13.3. The van der Waals surface area contributed by atoms with E-state index in [1.165, 1.54) is 18.2 Å². The fourth-order valence-electron chi connectivity index (χ4n) is 2.71. The van der Waals surface area contributed by atoms with Crippen LogP contribution in [-0.2, 0) is 4.79 Å². The average molecular weight is 280 g/mol. The molecule has 2 aromatic carbocycles. The first kappa shape index (κ1) is 11.8. The maximum absolute atomic E-state index is 13.3. The minimum atomic E-state index is -0.476. The first-order valence-electron chi connectivity index (χ1n) is 6.38. The number of benzene rings is 2. The molecule has 102 valence electrons. The second-order valence-corrected chi connectivity index (χ2v) is 4.85. The first-order chi connectivity index (χ1) is 10.1. The number of nitrogens with zero attached hydrogens (tertiary/aromatic N) is 1. The van der Waals surface area contributed by atoms with Gasteiger partial charge in [-0.3, -0.25) is 4.79 Å². The number of hydrogen-bond acceptors (Lipinski definition) is 2. The van der Waals surface area contributed by atoms with E-state index in [0.717, 1.165) is 10.9 Å². The van der Waals surface area contributed by atoms with E-state index in [9.17, 15) is 14.3 Å². The Morgan fingerprint density at radius 3 is 2.81 bits per heavy atom. The number of para-hydroxylation sites is 1. The normalized spacial score (nSPS) is 13.6. The number of aromatic hydroxyl groups is 1. The standard InChI is InChI=1S/C16H9FN2O2/c17-8-5-6-10-12(7-8)19-16(21)14(10)13-9-3-1-2-4-11(9)18-15(13)20/h1-7,18,20H. The fourth-order valence-corrected chi connectivity index (χ4v) is 2.71. The quantitative estimate of drug-likeness (QED) is 0.707. The number of hydrogen-bond donors (Lipinski definition) is 2. The predicted octanol–water partition coefficient (Wildman–Crippen LogP) is 1.37. The number of halogens is 1. The third kappa shape index (κ3) is 1.61. The highest BCUT2D eigenvalue weighted by atomic mass is 19.1. The lowest BCUT2D eigenvalue weighted by atomic mass is 10.0. The molecule has 0 aliphatic carbocycles. The van der Waals surface area contributed by atoms with Gasteiger partial charge in [0.1, 0.15) is 5.82 Å². The smallest absolute Gasteiger partial charge is 0.279 e. The number of amides is 1. The number of nitrogens with one attached hydrogen (secondary N) is 1. The Morgan fingerprint density at radius 1 is 1.14 bits per heavy atom. The van der Waals surface area contributed by atoms with Gasteiger partial charge in [-0.05, 0) is 18.2 Å². The second kappa shape index (κ2) is 4.02. The van der Waals surface area contributed by atoms with Gasteiger partial charge in [0.2, 0.25) is 0 Å². The van der Waals surface area contributed by atoms with Crippen molar-refractivity contribution in [1.29, 1.82) is 0 Å². The predicted molar refractivity (Wildman–Crippen MR) is 74.7 cm³/mol. The second-order valence-electron chi connectivity index (χ2n) is 4.85. The number of fused-ring (bicyclic) bond motifs is 2. The van der Waals surface area contributed by atoms with E-state index in [-0.39, 0.29) is 5.88 Å². The molecular formula is C16H9FN2O2. The zero-order valence-electron chi connectivity index (χ0n) is 10.7. The fraction of sp³-hybridized carbons (Fsp3) is 0. The summed E-state index contributed by atoms with van der Waals surface area (Å²) in [6.07, 6.45) is 0. The van der Waals surface area contributed by atoms with Gasteiger partial charge in [0, 0.05) is 22.2 Å². The molecule has 21 heavy (non-hydrogen) atoms. The van der Waals surface area contributed by atoms with Gasteiger partial charge in [-0.1, -0.05) is 18.2 Å². The van der Waals surface area contributed by atoms with Crippen LogP contribution in [0, 0.1) is 5.82 Å². The van der Waals surface area contributed by atoms with Crippen LogP contribution in [0.5, 0.6) is 5.88 Å². The lowest BCUT2D eigenvalue weighted by molar-refractivity contribution is -0.112. The van der Waals surface area contributed by atoms with Crippen LogP contribution in [0.2, 0.25) is 0 Å². The summed E-state index contributed by atoms with van der Waals surface area (Å²) < 4.78 is 13.3. The van der Waals surface area contributed by atoms with Crippen molar-refractivity contribution in [3.8, 4) is 5.88 Å². The molecule has 0 fully saturated rings. The molecule has 1 aliphatic rings. The van der Waals surface area contributed by atoms with Crippen molar-refractivity contribution < 1.29 is 14.3 Å². The van der Waals surface area contributed by atoms with Gasteiger partial charge in [0.05, 0.1) is 16.5 Å². The lowest BCUT2D eigenvalue weighted by Gasteiger charge is -1.99. The number of aromatic nitrogens is 1. The summed E-state index contributed by atoms with van der Waals surface area (Å²) in [5.74, 6) is -1.02. The molecule has 0 bridgehead atoms. The van der Waals surface area contributed by atoms with Gasteiger partial charge >= 0.3 is 0 Å². The molecule has 2 heterocycles. The highest BCUT2D eigenvalue weighted by Gasteiger charge is 2.24. The first-order valence-corrected chi connectivity index (χ1v) is 6.38. The van der Waals surface area contributed by atoms with E-state index in [1.807, 2.05) is 18.2 Å². The van der Waals surface area contributed by atoms with Crippen LogP contribution < -0.4 is 10.6 Å². The minimum absolute atomic E-state index is 0.0908. The van der Waals surface area contributed by atoms with Gasteiger partial charge in [0.25, 0.3) is 5.91 Å². The molecule has 5 heteroatoms. The zero-order valence-corrected chi connectivity index (χ0v) is 10.7. The van der Waals surface area contributed by atoms with Crippen LogP contribution in [0.3, 0.4) is 0 Å². The van der Waals surface area contributed by atoms with E-state index in [2.05, 4.69) is 9.98 Å². The van der Waals surface area contributed by atoms with Crippen LogP contribution in [0.4, 0.5) is 4.39 Å². The Hall–Kier alpha value is -2.95. The van der Waals surface area contributed by atoms with Crippen molar-refractivity contribution >= 4 is 22.4 Å². The van der Waals surface area contributed by atoms with Gasteiger partial charge in [-0.25, -0.2) is 9.38 Å². The molecule has 0 unspecified atom stereocenters. The molecule has 1 amide bonds. The third-order valence-electron chi connectivity index (χ3n) is 3.60. The van der Waals surface area contributed by atoms with Crippen molar-refractivity contribution in [2.24, 2.45) is 4.99 Å². The van der Waals surface area contributed by atoms with Crippen LogP contribution in [0.25, 0.3) is 16.5 Å². The van der Waals surface area contributed by atoms with Crippen molar-refractivity contribution in [3.05, 3.63) is 64.4 Å². The Bertz CT molecular complexity index is 1030. The highest BCUT2D eigenvalue weighted by Crippen LogP contribution is 2.32. The Balaban J connectivity index is 2.17. The molecule has 1 aromatic heterocycles. The average Bonchev–Trinajstić information content (AvgIpc) is 2.93. The topological polar surface area (TPSA) is 65.4 Å². The summed E-state index contributed by atoms with van der Waals surface area (Å²) in [6.45, 7) is 0. The number of carbonyl (C=O) groups is 1. The number of aromatic amines is 1. The summed E-state index contributed by atoms with van der Waals surface area (Å²) in [5, 5.41) is 11.7.